The van der Waals surface area contributed by atoms with Gasteiger partial charge >= 0.3 is 0 Å². The number of amides is 1. The third kappa shape index (κ3) is 7.68. The van der Waals surface area contributed by atoms with E-state index in [0.717, 1.165) is 48.9 Å². The standard InChI is InChI=1S/C27H30ClN5OS/c1-19(34)30-22-7-9-23(10-8-22)31-27(35)32-24-11-12-26(25(28)15-24)29-16-21-13-14-33(18-21)17-20-5-3-2-4-6-20/h2-12,15,21,29H,13-14,16-18H2,1H3,(H,30,34)(H2,31,32,35). The van der Waals surface area contributed by atoms with E-state index >= 15 is 0 Å². The highest BCUT2D eigenvalue weighted by Gasteiger charge is 2.22. The summed E-state index contributed by atoms with van der Waals surface area (Å²) in [6.45, 7) is 5.59. The Balaban J connectivity index is 1.23. The summed E-state index contributed by atoms with van der Waals surface area (Å²) in [5.74, 6) is 0.493. The number of hydrogen-bond donors (Lipinski definition) is 4. The fourth-order valence-electron chi connectivity index (χ4n) is 4.19. The molecule has 1 amide bonds. The van der Waals surface area contributed by atoms with Gasteiger partial charge in [0, 0.05) is 43.6 Å². The van der Waals surface area contributed by atoms with Crippen molar-refractivity contribution in [2.24, 2.45) is 5.92 Å². The molecule has 4 rings (SSSR count). The van der Waals surface area contributed by atoms with Crippen molar-refractivity contribution in [2.75, 3.05) is 40.9 Å². The summed E-state index contributed by atoms with van der Waals surface area (Å²) in [6, 6.07) is 23.8. The number of carbonyl (C=O) groups is 1. The number of hydrogen-bond acceptors (Lipinski definition) is 4. The molecule has 1 aliphatic heterocycles. The lowest BCUT2D eigenvalue weighted by molar-refractivity contribution is -0.114. The minimum absolute atomic E-state index is 0.106. The van der Waals surface area contributed by atoms with Gasteiger partial charge in [-0.2, -0.15) is 0 Å². The topological polar surface area (TPSA) is 68.4 Å². The van der Waals surface area contributed by atoms with Crippen LogP contribution in [0.3, 0.4) is 0 Å². The first kappa shape index (κ1) is 25.0. The molecule has 4 N–H and O–H groups in total. The van der Waals surface area contributed by atoms with Crippen LogP contribution in [0, 0.1) is 5.92 Å². The molecule has 0 aromatic heterocycles. The van der Waals surface area contributed by atoms with Crippen molar-refractivity contribution < 1.29 is 4.79 Å². The molecule has 1 heterocycles. The molecular weight excluding hydrogens is 478 g/mol. The van der Waals surface area contributed by atoms with Crippen LogP contribution in [0.1, 0.15) is 18.9 Å². The van der Waals surface area contributed by atoms with Gasteiger partial charge in [-0.15, -0.1) is 0 Å². The number of thiocarbonyl (C=S) groups is 1. The number of nitrogens with zero attached hydrogens (tertiary/aromatic N) is 1. The fourth-order valence-corrected chi connectivity index (χ4v) is 4.67. The van der Waals surface area contributed by atoms with Gasteiger partial charge in [-0.25, -0.2) is 0 Å². The second-order valence-corrected chi connectivity index (χ2v) is 9.60. The molecule has 0 radical (unpaired) electrons. The maximum Gasteiger partial charge on any atom is 0.221 e. The Morgan fingerprint density at radius 3 is 2.31 bits per heavy atom. The van der Waals surface area contributed by atoms with Crippen LogP contribution in [-0.2, 0) is 11.3 Å². The van der Waals surface area contributed by atoms with E-state index in [4.69, 9.17) is 23.8 Å². The molecule has 1 saturated heterocycles. The molecule has 1 unspecified atom stereocenters. The predicted octanol–water partition coefficient (Wildman–Crippen LogP) is 6.04. The summed E-state index contributed by atoms with van der Waals surface area (Å²) in [7, 11) is 0. The summed E-state index contributed by atoms with van der Waals surface area (Å²) in [5, 5.41) is 13.7. The number of benzene rings is 3. The van der Waals surface area contributed by atoms with Crippen molar-refractivity contribution in [3.8, 4) is 0 Å². The van der Waals surface area contributed by atoms with Crippen LogP contribution in [0.4, 0.5) is 22.7 Å². The van der Waals surface area contributed by atoms with Gasteiger partial charge in [0.2, 0.25) is 5.91 Å². The molecule has 1 aliphatic rings. The monoisotopic (exact) mass is 507 g/mol. The molecule has 0 bridgehead atoms. The average Bonchev–Trinajstić information content (AvgIpc) is 3.27. The van der Waals surface area contributed by atoms with Crippen LogP contribution >= 0.6 is 23.8 Å². The van der Waals surface area contributed by atoms with E-state index in [0.29, 0.717) is 16.1 Å². The maximum atomic E-state index is 11.1. The molecule has 1 fully saturated rings. The first-order valence-corrected chi connectivity index (χ1v) is 12.5. The van der Waals surface area contributed by atoms with Crippen LogP contribution in [0.2, 0.25) is 5.02 Å². The Labute approximate surface area is 217 Å². The van der Waals surface area contributed by atoms with E-state index in [1.165, 1.54) is 18.9 Å². The summed E-state index contributed by atoms with van der Waals surface area (Å²) in [4.78, 5) is 13.6. The molecule has 0 saturated carbocycles. The average molecular weight is 508 g/mol. The Morgan fingerprint density at radius 2 is 1.63 bits per heavy atom. The van der Waals surface area contributed by atoms with Crippen molar-refractivity contribution in [2.45, 2.75) is 19.9 Å². The van der Waals surface area contributed by atoms with Crippen molar-refractivity contribution in [3.63, 3.8) is 0 Å². The summed E-state index contributed by atoms with van der Waals surface area (Å²) in [5.41, 5.74) is 4.65. The molecule has 3 aromatic rings. The molecule has 35 heavy (non-hydrogen) atoms. The fraction of sp³-hybridized carbons (Fsp3) is 0.259. The van der Waals surface area contributed by atoms with Crippen LogP contribution in [0.25, 0.3) is 0 Å². The molecule has 6 nitrogen and oxygen atoms in total. The van der Waals surface area contributed by atoms with E-state index in [1.807, 2.05) is 42.5 Å². The maximum absolute atomic E-state index is 11.1. The van der Waals surface area contributed by atoms with Gasteiger partial charge in [-0.1, -0.05) is 41.9 Å². The molecule has 8 heteroatoms. The highest BCUT2D eigenvalue weighted by Crippen LogP contribution is 2.27. The predicted molar refractivity (Wildman–Crippen MR) is 150 cm³/mol. The van der Waals surface area contributed by atoms with E-state index in [1.54, 1.807) is 0 Å². The van der Waals surface area contributed by atoms with Crippen molar-refractivity contribution in [3.05, 3.63) is 83.4 Å². The first-order chi connectivity index (χ1) is 16.9. The smallest absolute Gasteiger partial charge is 0.221 e. The van der Waals surface area contributed by atoms with Gasteiger partial charge in [0.15, 0.2) is 5.11 Å². The molecule has 0 aliphatic carbocycles. The minimum Gasteiger partial charge on any atom is -0.384 e. The summed E-state index contributed by atoms with van der Waals surface area (Å²) in [6.07, 6.45) is 1.18. The molecule has 3 aromatic carbocycles. The zero-order valence-corrected chi connectivity index (χ0v) is 21.3. The first-order valence-electron chi connectivity index (χ1n) is 11.7. The van der Waals surface area contributed by atoms with Crippen LogP contribution in [0.5, 0.6) is 0 Å². The number of nitrogens with one attached hydrogen (secondary N) is 4. The second-order valence-electron chi connectivity index (χ2n) is 8.79. The molecular formula is C27H30ClN5OS. The van der Waals surface area contributed by atoms with Gasteiger partial charge in [-0.3, -0.25) is 9.69 Å². The van der Waals surface area contributed by atoms with E-state index in [-0.39, 0.29) is 5.91 Å². The van der Waals surface area contributed by atoms with Crippen molar-refractivity contribution in [1.82, 2.24) is 4.90 Å². The lowest BCUT2D eigenvalue weighted by Crippen LogP contribution is -2.22. The third-order valence-corrected chi connectivity index (χ3v) is 6.41. The van der Waals surface area contributed by atoms with Gasteiger partial charge in [0.25, 0.3) is 0 Å². The molecule has 182 valence electrons. The van der Waals surface area contributed by atoms with Gasteiger partial charge in [0.1, 0.15) is 0 Å². The summed E-state index contributed by atoms with van der Waals surface area (Å²) >= 11 is 12.0. The van der Waals surface area contributed by atoms with Crippen LogP contribution < -0.4 is 21.3 Å². The Kier molecular flexibility index (Phi) is 8.58. The summed E-state index contributed by atoms with van der Waals surface area (Å²) < 4.78 is 0. The SMILES string of the molecule is CC(=O)Nc1ccc(NC(=S)Nc2ccc(NCC3CCN(Cc4ccccc4)C3)c(Cl)c2)cc1. The normalized spacial score (nSPS) is 15.4. The Bertz CT molecular complexity index is 1160. The molecule has 1 atom stereocenters. The third-order valence-electron chi connectivity index (χ3n) is 5.89. The lowest BCUT2D eigenvalue weighted by Gasteiger charge is -2.17. The second kappa shape index (κ2) is 12.0. The highest BCUT2D eigenvalue weighted by molar-refractivity contribution is 7.80. The van der Waals surface area contributed by atoms with Gasteiger partial charge in [0.05, 0.1) is 10.7 Å². The number of rotatable bonds is 8. The minimum atomic E-state index is -0.106. The number of halogens is 1. The van der Waals surface area contributed by atoms with Crippen LogP contribution in [0.15, 0.2) is 72.8 Å². The number of carbonyl (C=O) groups excluding carboxylic acids is 1. The zero-order valence-electron chi connectivity index (χ0n) is 19.7. The van der Waals surface area contributed by atoms with Crippen LogP contribution in [-0.4, -0.2) is 35.6 Å². The number of likely N-dealkylation sites (tertiary alicyclic amines) is 1. The quantitative estimate of drug-likeness (QED) is 0.279. The Hall–Kier alpha value is -3.13. The van der Waals surface area contributed by atoms with Crippen molar-refractivity contribution in [1.29, 1.82) is 0 Å². The van der Waals surface area contributed by atoms with E-state index < -0.39 is 0 Å². The van der Waals surface area contributed by atoms with Crippen molar-refractivity contribution >= 4 is 57.6 Å². The highest BCUT2D eigenvalue weighted by atomic mass is 35.5. The van der Waals surface area contributed by atoms with Gasteiger partial charge < -0.3 is 21.3 Å². The molecule has 0 spiro atoms. The largest absolute Gasteiger partial charge is 0.384 e. The van der Waals surface area contributed by atoms with E-state index in [2.05, 4.69) is 56.5 Å². The lowest BCUT2D eigenvalue weighted by atomic mass is 10.1. The Morgan fingerprint density at radius 1 is 0.971 bits per heavy atom. The van der Waals surface area contributed by atoms with E-state index in [9.17, 15) is 4.79 Å². The number of anilines is 4. The zero-order chi connectivity index (χ0) is 24.6. The van der Waals surface area contributed by atoms with Gasteiger partial charge in [-0.05, 0) is 79.1 Å².